The van der Waals surface area contributed by atoms with Crippen molar-refractivity contribution in [1.29, 1.82) is 0 Å². The van der Waals surface area contributed by atoms with Crippen molar-refractivity contribution in [3.05, 3.63) is 25.6 Å². The molecule has 2 nitrogen and oxygen atoms in total. The molecule has 68 valence electrons. The molecule has 2 N–H and O–H groups in total. The van der Waals surface area contributed by atoms with E-state index in [0.717, 1.165) is 0 Å². The minimum atomic E-state index is 0. The van der Waals surface area contributed by atoms with Gasteiger partial charge in [0.2, 0.25) is 0 Å². The zero-order valence-corrected chi connectivity index (χ0v) is 13.1. The topological polar surface area (TPSA) is 24.1 Å². The number of nitrogens with one attached hydrogen (secondary N) is 2. The van der Waals surface area contributed by atoms with Crippen LogP contribution in [-0.2, 0) is 44.7 Å². The molecule has 0 bridgehead atoms. The van der Waals surface area contributed by atoms with Crippen LogP contribution in [0.5, 0.6) is 0 Å². The number of rotatable bonds is 2. The van der Waals surface area contributed by atoms with Crippen LogP contribution >= 0.6 is 24.4 Å². The first-order valence-corrected chi connectivity index (χ1v) is 4.34. The van der Waals surface area contributed by atoms with Crippen LogP contribution in [-0.4, -0.2) is 8.64 Å². The van der Waals surface area contributed by atoms with Crippen molar-refractivity contribution in [3.8, 4) is 0 Å². The largest absolute Gasteiger partial charge is 2.00 e. The summed E-state index contributed by atoms with van der Waals surface area (Å²) in [5, 5.41) is 5.04. The second-order valence-corrected chi connectivity index (χ2v) is 3.42. The molecule has 13 heavy (non-hydrogen) atoms. The first-order valence-electron chi connectivity index (χ1n) is 2.71. The van der Waals surface area contributed by atoms with E-state index in [2.05, 4.69) is 73.5 Å². The summed E-state index contributed by atoms with van der Waals surface area (Å²) < 4.78 is 0.676. The Morgan fingerprint density at radius 1 is 1.00 bits per heavy atom. The van der Waals surface area contributed by atoms with Crippen LogP contribution in [0.3, 0.4) is 0 Å². The van der Waals surface area contributed by atoms with Crippen LogP contribution in [0.2, 0.25) is 0 Å². The zero-order valence-electron chi connectivity index (χ0n) is 6.91. The van der Waals surface area contributed by atoms with Crippen molar-refractivity contribution in [1.82, 2.24) is 10.6 Å². The molecule has 0 aliphatic heterocycles. The summed E-state index contributed by atoms with van der Waals surface area (Å²) in [4.78, 5) is 0. The maximum atomic E-state index is 4.43. The molecule has 0 saturated heterocycles. The Kier molecular flexibility index (Phi) is 21.7. The molecule has 0 radical (unpaired) electrons. The van der Waals surface area contributed by atoms with Gasteiger partial charge in [0.25, 0.3) is 0 Å². The molecule has 0 saturated carbocycles. The third kappa shape index (κ3) is 32.8. The fraction of sp³-hybridized carbons (Fsp3) is 0. The molecule has 0 aromatic heterocycles. The molecule has 0 aromatic rings. The van der Waals surface area contributed by atoms with Gasteiger partial charge in [0.05, 0.1) is 0 Å². The van der Waals surface area contributed by atoms with Gasteiger partial charge in [0.1, 0.15) is 0 Å². The van der Waals surface area contributed by atoms with Crippen molar-refractivity contribution >= 4 is 58.3 Å². The average Bonchev–Trinajstić information content (AvgIpc) is 1.87. The van der Waals surface area contributed by atoms with E-state index in [1.54, 1.807) is 0 Å². The molecule has 0 rings (SSSR count). The third-order valence-corrected chi connectivity index (χ3v) is 0.911. The van der Waals surface area contributed by atoms with E-state index in [4.69, 9.17) is 0 Å². The van der Waals surface area contributed by atoms with E-state index in [-0.39, 0.29) is 19.5 Å². The summed E-state index contributed by atoms with van der Waals surface area (Å²) in [5.74, 6) is 0. The Hall–Kier alpha value is 0.323. The minimum absolute atomic E-state index is 0. The van der Waals surface area contributed by atoms with E-state index in [9.17, 15) is 0 Å². The maximum absolute atomic E-state index is 4.43. The molecular weight excluding hydrogens is 294 g/mol. The molecule has 0 aliphatic carbocycles. The summed E-state index contributed by atoms with van der Waals surface area (Å²) >= 11 is 17.7. The Bertz CT molecular complexity index is 163. The SMILES string of the molecule is C=CNC(=S)[S-].C=CNC(=S)[S-].[Zn+2]. The molecule has 0 heterocycles. The predicted octanol–water partition coefficient (Wildman–Crippen LogP) is 1.10. The van der Waals surface area contributed by atoms with Crippen molar-refractivity contribution in [2.75, 3.05) is 0 Å². The number of thiocarbonyl (C=S) groups is 2. The summed E-state index contributed by atoms with van der Waals surface area (Å²) in [6, 6.07) is 0. The Morgan fingerprint density at radius 3 is 1.23 bits per heavy atom. The standard InChI is InChI=1S/2C3H5NS2.Zn/c2*1-2-4-3(5)6;/h2*2H,1H2,(H2,4,5,6);/q;;+2/p-2. The summed E-state index contributed by atoms with van der Waals surface area (Å²) in [6.45, 7) is 6.67. The van der Waals surface area contributed by atoms with Gasteiger partial charge in [-0.25, -0.2) is 0 Å². The van der Waals surface area contributed by atoms with Gasteiger partial charge in [-0.15, -0.1) is 0 Å². The zero-order chi connectivity index (χ0) is 9.98. The van der Waals surface area contributed by atoms with E-state index in [1.165, 1.54) is 12.4 Å². The molecule has 0 atom stereocenters. The van der Waals surface area contributed by atoms with Gasteiger partial charge in [0.15, 0.2) is 0 Å². The van der Waals surface area contributed by atoms with Crippen LogP contribution < -0.4 is 10.6 Å². The molecular formula is C6H8N2S4Zn. The van der Waals surface area contributed by atoms with Gasteiger partial charge < -0.3 is 60.3 Å². The summed E-state index contributed by atoms with van der Waals surface area (Å²) in [5.41, 5.74) is 0. The molecule has 0 fully saturated rings. The van der Waals surface area contributed by atoms with Crippen molar-refractivity contribution in [3.63, 3.8) is 0 Å². The van der Waals surface area contributed by atoms with Crippen LogP contribution in [0.4, 0.5) is 0 Å². The van der Waals surface area contributed by atoms with Gasteiger partial charge in [0, 0.05) is 0 Å². The number of hydrogen-bond donors (Lipinski definition) is 2. The van der Waals surface area contributed by atoms with Crippen molar-refractivity contribution in [2.24, 2.45) is 0 Å². The summed E-state index contributed by atoms with van der Waals surface area (Å²) in [7, 11) is 0. The molecule has 0 aromatic carbocycles. The van der Waals surface area contributed by atoms with E-state index >= 15 is 0 Å². The first-order chi connectivity index (χ1) is 5.54. The third-order valence-electron chi connectivity index (χ3n) is 0.440. The van der Waals surface area contributed by atoms with Gasteiger partial charge >= 0.3 is 19.5 Å². The first kappa shape index (κ1) is 19.0. The predicted molar refractivity (Wildman–Crippen MR) is 66.6 cm³/mol. The molecule has 0 amide bonds. The van der Waals surface area contributed by atoms with E-state index in [1.807, 2.05) is 0 Å². The average molecular weight is 302 g/mol. The molecule has 0 spiro atoms. The monoisotopic (exact) mass is 300 g/mol. The van der Waals surface area contributed by atoms with E-state index in [0.29, 0.717) is 8.64 Å². The molecule has 0 unspecified atom stereocenters. The van der Waals surface area contributed by atoms with Gasteiger partial charge in [-0.3, -0.25) is 0 Å². The Labute approximate surface area is 113 Å². The van der Waals surface area contributed by atoms with Gasteiger partial charge in [-0.05, 0) is 12.4 Å². The van der Waals surface area contributed by atoms with Crippen LogP contribution in [0.15, 0.2) is 25.6 Å². The van der Waals surface area contributed by atoms with Crippen LogP contribution in [0.1, 0.15) is 0 Å². The maximum Gasteiger partial charge on any atom is 2.00 e. The molecule has 0 aliphatic rings. The number of hydrogen-bond acceptors (Lipinski definition) is 4. The quantitative estimate of drug-likeness (QED) is 0.450. The normalized spacial score (nSPS) is 6.15. The second-order valence-electron chi connectivity index (χ2n) is 1.27. The van der Waals surface area contributed by atoms with Crippen molar-refractivity contribution < 1.29 is 19.5 Å². The molecule has 7 heteroatoms. The van der Waals surface area contributed by atoms with Crippen molar-refractivity contribution in [2.45, 2.75) is 0 Å². The summed E-state index contributed by atoms with van der Waals surface area (Å²) in [6.07, 6.45) is 2.91. The fourth-order valence-corrected chi connectivity index (χ4v) is 0.500. The van der Waals surface area contributed by atoms with E-state index < -0.39 is 0 Å². The Balaban J connectivity index is -0.000000143. The van der Waals surface area contributed by atoms with Crippen LogP contribution in [0, 0.1) is 0 Å². The minimum Gasteiger partial charge on any atom is -0.411 e. The second kappa shape index (κ2) is 14.8. The van der Waals surface area contributed by atoms with Gasteiger partial charge in [-0.1, -0.05) is 21.8 Å². The fourth-order valence-electron chi connectivity index (χ4n) is 0.167. The van der Waals surface area contributed by atoms with Crippen LogP contribution in [0.25, 0.3) is 0 Å². The smallest absolute Gasteiger partial charge is 0.411 e. The van der Waals surface area contributed by atoms with Gasteiger partial charge in [-0.2, -0.15) is 0 Å². The Morgan fingerprint density at radius 2 is 1.23 bits per heavy atom.